The zero-order valence-corrected chi connectivity index (χ0v) is 11.5. The molecular formula is C13H13BrN4. The molecule has 0 spiro atoms. The van der Waals surface area contributed by atoms with Crippen molar-refractivity contribution in [1.29, 1.82) is 0 Å². The molecule has 3 N–H and O–H groups in total. The van der Waals surface area contributed by atoms with E-state index in [4.69, 9.17) is 5.73 Å². The van der Waals surface area contributed by atoms with Crippen molar-refractivity contribution in [1.82, 2.24) is 14.8 Å². The number of nitrogens with zero attached hydrogens (tertiary/aromatic N) is 2. The molecule has 0 amide bonds. The highest BCUT2D eigenvalue weighted by Crippen LogP contribution is 2.34. The van der Waals surface area contributed by atoms with Gasteiger partial charge in [0.05, 0.1) is 10.2 Å². The molecule has 0 saturated carbocycles. The minimum Gasteiger partial charge on any atom is -0.350 e. The van der Waals surface area contributed by atoms with Crippen molar-refractivity contribution < 1.29 is 0 Å². The summed E-state index contributed by atoms with van der Waals surface area (Å²) in [6, 6.07) is 8.28. The lowest BCUT2D eigenvalue weighted by molar-refractivity contribution is 0.944. The largest absolute Gasteiger partial charge is 0.350 e. The number of hydrogen-bond acceptors (Lipinski definition) is 2. The van der Waals surface area contributed by atoms with E-state index in [0.29, 0.717) is 6.54 Å². The fourth-order valence-electron chi connectivity index (χ4n) is 2.21. The second-order valence-electron chi connectivity index (χ2n) is 4.24. The van der Waals surface area contributed by atoms with Crippen LogP contribution in [0.3, 0.4) is 0 Å². The standard InChI is InChI=1S/C13H13BrN4/c1-18-7-9(8-4-2-3-5-11(8)18)13-12(14)10(6-15)16-17-13/h2-5,7H,6,15H2,1H3,(H,16,17). The van der Waals surface area contributed by atoms with Gasteiger partial charge in [0.15, 0.2) is 0 Å². The summed E-state index contributed by atoms with van der Waals surface area (Å²) in [5.41, 5.74) is 9.78. The Kier molecular flexibility index (Phi) is 2.72. The van der Waals surface area contributed by atoms with E-state index in [0.717, 1.165) is 21.4 Å². The summed E-state index contributed by atoms with van der Waals surface area (Å²) >= 11 is 3.56. The van der Waals surface area contributed by atoms with Gasteiger partial charge in [-0.3, -0.25) is 5.10 Å². The van der Waals surface area contributed by atoms with Gasteiger partial charge < -0.3 is 10.3 Å². The first-order valence-electron chi connectivity index (χ1n) is 5.69. The van der Waals surface area contributed by atoms with E-state index >= 15 is 0 Å². The maximum Gasteiger partial charge on any atom is 0.109 e. The third-order valence-electron chi connectivity index (χ3n) is 3.13. The van der Waals surface area contributed by atoms with Crippen LogP contribution in [0, 0.1) is 0 Å². The molecule has 0 bridgehead atoms. The molecule has 3 rings (SSSR count). The molecular weight excluding hydrogens is 292 g/mol. The van der Waals surface area contributed by atoms with Crippen LogP contribution in [0.25, 0.3) is 22.2 Å². The maximum atomic E-state index is 5.65. The van der Waals surface area contributed by atoms with Crippen molar-refractivity contribution >= 4 is 26.8 Å². The van der Waals surface area contributed by atoms with Gasteiger partial charge in [0, 0.05) is 36.3 Å². The van der Waals surface area contributed by atoms with E-state index < -0.39 is 0 Å². The summed E-state index contributed by atoms with van der Waals surface area (Å²) in [7, 11) is 2.04. The first-order chi connectivity index (χ1) is 8.72. The number of aromatic amines is 1. The van der Waals surface area contributed by atoms with Crippen molar-refractivity contribution in [2.24, 2.45) is 12.8 Å². The molecule has 92 valence electrons. The minimum atomic E-state index is 0.443. The molecule has 3 aromatic rings. The number of benzene rings is 1. The van der Waals surface area contributed by atoms with E-state index in [2.05, 4.69) is 49.0 Å². The lowest BCUT2D eigenvalue weighted by Gasteiger charge is -1.96. The Hall–Kier alpha value is -1.59. The van der Waals surface area contributed by atoms with Crippen molar-refractivity contribution in [3.8, 4) is 11.3 Å². The van der Waals surface area contributed by atoms with Crippen LogP contribution < -0.4 is 5.73 Å². The van der Waals surface area contributed by atoms with Crippen molar-refractivity contribution in [3.63, 3.8) is 0 Å². The summed E-state index contributed by atoms with van der Waals surface area (Å²) in [6.45, 7) is 0.443. The Morgan fingerprint density at radius 3 is 2.89 bits per heavy atom. The minimum absolute atomic E-state index is 0.443. The Morgan fingerprint density at radius 2 is 2.17 bits per heavy atom. The fourth-order valence-corrected chi connectivity index (χ4v) is 2.76. The number of H-pyrrole nitrogens is 1. The zero-order valence-electron chi connectivity index (χ0n) is 9.94. The van der Waals surface area contributed by atoms with E-state index in [-0.39, 0.29) is 0 Å². The predicted octanol–water partition coefficient (Wildman–Crippen LogP) is 2.79. The first-order valence-corrected chi connectivity index (χ1v) is 6.49. The van der Waals surface area contributed by atoms with Crippen LogP contribution in [-0.2, 0) is 13.6 Å². The lowest BCUT2D eigenvalue weighted by Crippen LogP contribution is -1.96. The number of aromatic nitrogens is 3. The molecule has 4 nitrogen and oxygen atoms in total. The van der Waals surface area contributed by atoms with Crippen molar-refractivity contribution in [2.75, 3.05) is 0 Å². The number of aryl methyl sites for hydroxylation is 1. The molecule has 0 aliphatic carbocycles. The molecule has 0 atom stereocenters. The van der Waals surface area contributed by atoms with Gasteiger partial charge in [0.25, 0.3) is 0 Å². The van der Waals surface area contributed by atoms with Crippen molar-refractivity contribution in [2.45, 2.75) is 6.54 Å². The van der Waals surface area contributed by atoms with E-state index in [1.807, 2.05) is 19.2 Å². The molecule has 0 saturated heterocycles. The first kappa shape index (κ1) is 11.5. The number of rotatable bonds is 2. The van der Waals surface area contributed by atoms with E-state index in [1.54, 1.807) is 0 Å². The van der Waals surface area contributed by atoms with Gasteiger partial charge in [-0.2, -0.15) is 5.10 Å². The summed E-state index contributed by atoms with van der Waals surface area (Å²) in [5, 5.41) is 8.51. The van der Waals surface area contributed by atoms with Crippen LogP contribution in [0.2, 0.25) is 0 Å². The summed E-state index contributed by atoms with van der Waals surface area (Å²) in [4.78, 5) is 0. The smallest absolute Gasteiger partial charge is 0.109 e. The number of halogens is 1. The molecule has 0 fully saturated rings. The number of hydrogen-bond donors (Lipinski definition) is 2. The van der Waals surface area contributed by atoms with Gasteiger partial charge in [-0.25, -0.2) is 0 Å². The molecule has 0 unspecified atom stereocenters. The average Bonchev–Trinajstić information content (AvgIpc) is 2.91. The second-order valence-corrected chi connectivity index (χ2v) is 5.03. The van der Waals surface area contributed by atoms with E-state index in [9.17, 15) is 0 Å². The maximum absolute atomic E-state index is 5.65. The molecule has 1 aromatic carbocycles. The van der Waals surface area contributed by atoms with Crippen LogP contribution in [0.15, 0.2) is 34.9 Å². The predicted molar refractivity (Wildman–Crippen MR) is 76.1 cm³/mol. The average molecular weight is 305 g/mol. The highest BCUT2D eigenvalue weighted by molar-refractivity contribution is 9.10. The lowest BCUT2D eigenvalue weighted by atomic mass is 10.1. The van der Waals surface area contributed by atoms with E-state index in [1.165, 1.54) is 10.9 Å². The molecule has 2 aromatic heterocycles. The van der Waals surface area contributed by atoms with Gasteiger partial charge in [-0.15, -0.1) is 0 Å². The fraction of sp³-hybridized carbons (Fsp3) is 0.154. The summed E-state index contributed by atoms with van der Waals surface area (Å²) in [6.07, 6.45) is 2.09. The number of nitrogens with two attached hydrogens (primary N) is 1. The number of fused-ring (bicyclic) bond motifs is 1. The third kappa shape index (κ3) is 1.59. The van der Waals surface area contributed by atoms with Crippen LogP contribution in [0.1, 0.15) is 5.69 Å². The SMILES string of the molecule is Cn1cc(-c2n[nH]c(CN)c2Br)c2ccccc21. The molecule has 0 radical (unpaired) electrons. The Labute approximate surface area is 113 Å². The summed E-state index contributed by atoms with van der Waals surface area (Å²) in [5.74, 6) is 0. The van der Waals surface area contributed by atoms with Gasteiger partial charge in [0.1, 0.15) is 5.69 Å². The number of para-hydroxylation sites is 1. The Bertz CT molecular complexity index is 711. The van der Waals surface area contributed by atoms with Crippen LogP contribution >= 0.6 is 15.9 Å². The Balaban J connectivity index is 2.28. The monoisotopic (exact) mass is 304 g/mol. The quantitative estimate of drug-likeness (QED) is 0.765. The highest BCUT2D eigenvalue weighted by atomic mass is 79.9. The highest BCUT2D eigenvalue weighted by Gasteiger charge is 2.15. The van der Waals surface area contributed by atoms with Gasteiger partial charge >= 0.3 is 0 Å². The van der Waals surface area contributed by atoms with Crippen LogP contribution in [0.4, 0.5) is 0 Å². The van der Waals surface area contributed by atoms with Crippen LogP contribution in [0.5, 0.6) is 0 Å². The van der Waals surface area contributed by atoms with Crippen LogP contribution in [-0.4, -0.2) is 14.8 Å². The third-order valence-corrected chi connectivity index (χ3v) is 3.99. The normalized spacial score (nSPS) is 11.3. The van der Waals surface area contributed by atoms with Gasteiger partial charge in [-0.1, -0.05) is 18.2 Å². The molecule has 18 heavy (non-hydrogen) atoms. The van der Waals surface area contributed by atoms with Gasteiger partial charge in [-0.05, 0) is 22.0 Å². The zero-order chi connectivity index (χ0) is 12.7. The van der Waals surface area contributed by atoms with Gasteiger partial charge in [0.2, 0.25) is 0 Å². The molecule has 0 aliphatic rings. The topological polar surface area (TPSA) is 59.6 Å². The number of nitrogens with one attached hydrogen (secondary N) is 1. The summed E-state index contributed by atoms with van der Waals surface area (Å²) < 4.78 is 3.05. The molecule has 0 aliphatic heterocycles. The van der Waals surface area contributed by atoms with Crippen molar-refractivity contribution in [3.05, 3.63) is 40.6 Å². The molecule has 5 heteroatoms. The second kappa shape index (κ2) is 4.26. The molecule has 2 heterocycles. The Morgan fingerprint density at radius 1 is 1.39 bits per heavy atom.